The molecule has 14 heavy (non-hydrogen) atoms. The Kier molecular flexibility index (Phi) is 3.59. The van der Waals surface area contributed by atoms with Gasteiger partial charge in [0.25, 0.3) is 5.91 Å². The van der Waals surface area contributed by atoms with E-state index in [2.05, 4.69) is 5.32 Å². The van der Waals surface area contributed by atoms with E-state index in [1.165, 1.54) is 24.3 Å². The highest BCUT2D eigenvalue weighted by Crippen LogP contribution is 2.02. The molecule has 76 valence electrons. The molecule has 3 nitrogen and oxygen atoms in total. The summed E-state index contributed by atoms with van der Waals surface area (Å²) in [5, 5.41) is 2.68. The first-order valence-corrected chi connectivity index (χ1v) is 4.40. The largest absolute Gasteiger partial charge is 0.348 e. The fourth-order valence-electron chi connectivity index (χ4n) is 0.967. The predicted molar refractivity (Wildman–Crippen MR) is 52.4 cm³/mol. The van der Waals surface area contributed by atoms with Crippen LogP contribution in [0.1, 0.15) is 17.3 Å². The summed E-state index contributed by atoms with van der Waals surface area (Å²) < 4.78 is 12.5. The third-order valence-corrected chi connectivity index (χ3v) is 1.84. The number of carbonyl (C=O) groups excluding carboxylic acids is 1. The molecule has 0 aliphatic carbocycles. The topological polar surface area (TPSA) is 55.1 Å². The van der Waals surface area contributed by atoms with Crippen molar-refractivity contribution >= 4 is 5.91 Å². The highest BCUT2D eigenvalue weighted by atomic mass is 19.1. The van der Waals surface area contributed by atoms with Crippen LogP contribution in [0.3, 0.4) is 0 Å². The Morgan fingerprint density at radius 1 is 1.50 bits per heavy atom. The second kappa shape index (κ2) is 4.72. The Morgan fingerprint density at radius 2 is 2.07 bits per heavy atom. The van der Waals surface area contributed by atoms with E-state index in [1.54, 1.807) is 6.92 Å². The summed E-state index contributed by atoms with van der Waals surface area (Å²) in [6.45, 7) is 2.19. The molecule has 1 unspecified atom stereocenters. The molecular weight excluding hydrogens is 183 g/mol. The van der Waals surface area contributed by atoms with Gasteiger partial charge in [-0.05, 0) is 31.2 Å². The number of hydrogen-bond acceptors (Lipinski definition) is 2. The number of rotatable bonds is 3. The normalized spacial score (nSPS) is 12.2. The van der Waals surface area contributed by atoms with Crippen LogP contribution in [0.25, 0.3) is 0 Å². The molecular formula is C10H13FN2O. The van der Waals surface area contributed by atoms with Gasteiger partial charge in [-0.2, -0.15) is 0 Å². The van der Waals surface area contributed by atoms with Crippen molar-refractivity contribution in [3.8, 4) is 0 Å². The monoisotopic (exact) mass is 196 g/mol. The fraction of sp³-hybridized carbons (Fsp3) is 0.300. The van der Waals surface area contributed by atoms with Crippen molar-refractivity contribution in [1.29, 1.82) is 0 Å². The smallest absolute Gasteiger partial charge is 0.251 e. The number of carbonyl (C=O) groups is 1. The van der Waals surface area contributed by atoms with E-state index < -0.39 is 0 Å². The van der Waals surface area contributed by atoms with Gasteiger partial charge in [-0.3, -0.25) is 4.79 Å². The Morgan fingerprint density at radius 3 is 2.57 bits per heavy atom. The highest BCUT2D eigenvalue weighted by Gasteiger charge is 2.07. The van der Waals surface area contributed by atoms with Gasteiger partial charge in [0.15, 0.2) is 0 Å². The van der Waals surface area contributed by atoms with Crippen LogP contribution in [0.5, 0.6) is 0 Å². The fourth-order valence-corrected chi connectivity index (χ4v) is 0.967. The van der Waals surface area contributed by atoms with E-state index >= 15 is 0 Å². The molecule has 0 radical (unpaired) electrons. The number of halogens is 1. The van der Waals surface area contributed by atoms with Crippen molar-refractivity contribution in [3.63, 3.8) is 0 Å². The number of nitrogens with one attached hydrogen (secondary N) is 1. The third kappa shape index (κ3) is 2.81. The molecule has 0 aliphatic heterocycles. The van der Waals surface area contributed by atoms with E-state index in [4.69, 9.17) is 5.73 Å². The lowest BCUT2D eigenvalue weighted by Crippen LogP contribution is -2.37. The second-order valence-electron chi connectivity index (χ2n) is 3.12. The molecule has 0 saturated carbocycles. The second-order valence-corrected chi connectivity index (χ2v) is 3.12. The van der Waals surface area contributed by atoms with Gasteiger partial charge < -0.3 is 11.1 Å². The van der Waals surface area contributed by atoms with E-state index in [0.717, 1.165) is 0 Å². The first-order chi connectivity index (χ1) is 6.63. The first-order valence-electron chi connectivity index (χ1n) is 4.40. The summed E-state index contributed by atoms with van der Waals surface area (Å²) in [5.41, 5.74) is 5.78. The van der Waals surface area contributed by atoms with Crippen molar-refractivity contribution in [1.82, 2.24) is 5.32 Å². The van der Waals surface area contributed by atoms with Gasteiger partial charge >= 0.3 is 0 Å². The lowest BCUT2D eigenvalue weighted by Gasteiger charge is -2.10. The molecule has 1 amide bonds. The zero-order valence-corrected chi connectivity index (χ0v) is 7.96. The maximum Gasteiger partial charge on any atom is 0.251 e. The summed E-state index contributed by atoms with van der Waals surface area (Å²) in [4.78, 5) is 11.4. The van der Waals surface area contributed by atoms with E-state index in [1.807, 2.05) is 0 Å². The van der Waals surface area contributed by atoms with Gasteiger partial charge in [-0.25, -0.2) is 4.39 Å². The van der Waals surface area contributed by atoms with Crippen LogP contribution in [-0.4, -0.2) is 18.5 Å². The zero-order chi connectivity index (χ0) is 10.6. The van der Waals surface area contributed by atoms with Gasteiger partial charge in [-0.15, -0.1) is 0 Å². The van der Waals surface area contributed by atoms with Crippen LogP contribution >= 0.6 is 0 Å². The van der Waals surface area contributed by atoms with Gasteiger partial charge in [0.1, 0.15) is 5.82 Å². The molecule has 0 spiro atoms. The molecule has 0 saturated heterocycles. The van der Waals surface area contributed by atoms with Crippen molar-refractivity contribution in [2.45, 2.75) is 13.0 Å². The average Bonchev–Trinajstić information content (AvgIpc) is 2.18. The minimum absolute atomic E-state index is 0.0763. The maximum atomic E-state index is 12.5. The van der Waals surface area contributed by atoms with Crippen molar-refractivity contribution < 1.29 is 9.18 Å². The Balaban J connectivity index is 2.65. The number of hydrogen-bond donors (Lipinski definition) is 2. The van der Waals surface area contributed by atoms with Crippen LogP contribution in [0.4, 0.5) is 4.39 Å². The summed E-state index contributed by atoms with van der Waals surface area (Å²) in [7, 11) is 0. The number of amides is 1. The molecule has 1 aromatic rings. The summed E-state index contributed by atoms with van der Waals surface area (Å²) in [6.07, 6.45) is 0. The molecule has 0 bridgehead atoms. The van der Waals surface area contributed by atoms with Crippen molar-refractivity contribution in [2.75, 3.05) is 6.54 Å². The number of benzene rings is 1. The van der Waals surface area contributed by atoms with E-state index in [-0.39, 0.29) is 17.8 Å². The van der Waals surface area contributed by atoms with Crippen LogP contribution in [0.15, 0.2) is 24.3 Å². The lowest BCUT2D eigenvalue weighted by molar-refractivity contribution is 0.0941. The molecule has 0 fully saturated rings. The molecule has 3 N–H and O–H groups in total. The Hall–Kier alpha value is -1.42. The third-order valence-electron chi connectivity index (χ3n) is 1.84. The summed E-state index contributed by atoms with van der Waals surface area (Å²) in [5.74, 6) is -0.587. The van der Waals surface area contributed by atoms with Gasteiger partial charge in [0.2, 0.25) is 0 Å². The molecule has 1 rings (SSSR count). The van der Waals surface area contributed by atoms with Gasteiger partial charge in [0.05, 0.1) is 0 Å². The Labute approximate surface area is 82.1 Å². The summed E-state index contributed by atoms with van der Waals surface area (Å²) in [6, 6.07) is 5.30. The summed E-state index contributed by atoms with van der Waals surface area (Å²) >= 11 is 0. The molecule has 1 atom stereocenters. The molecule has 4 heteroatoms. The lowest BCUT2D eigenvalue weighted by atomic mass is 10.2. The quantitative estimate of drug-likeness (QED) is 0.754. The number of nitrogens with two attached hydrogens (primary N) is 1. The van der Waals surface area contributed by atoms with Gasteiger partial charge in [0, 0.05) is 18.2 Å². The minimum atomic E-state index is -0.353. The van der Waals surface area contributed by atoms with Crippen LogP contribution < -0.4 is 11.1 Å². The van der Waals surface area contributed by atoms with Gasteiger partial charge in [-0.1, -0.05) is 0 Å². The Bertz CT molecular complexity index is 310. The van der Waals surface area contributed by atoms with Crippen molar-refractivity contribution in [2.24, 2.45) is 5.73 Å². The van der Waals surface area contributed by atoms with Crippen LogP contribution in [0, 0.1) is 5.82 Å². The van der Waals surface area contributed by atoms with Crippen molar-refractivity contribution in [3.05, 3.63) is 35.6 Å². The SMILES string of the molecule is CC(CN)NC(=O)c1ccc(F)cc1. The molecule has 0 aliphatic rings. The molecule has 0 heterocycles. The first kappa shape index (κ1) is 10.7. The molecule has 0 aromatic heterocycles. The van der Waals surface area contributed by atoms with Crippen LogP contribution in [-0.2, 0) is 0 Å². The zero-order valence-electron chi connectivity index (χ0n) is 7.96. The molecule has 1 aromatic carbocycles. The highest BCUT2D eigenvalue weighted by molar-refractivity contribution is 5.94. The van der Waals surface area contributed by atoms with E-state index in [0.29, 0.717) is 12.1 Å². The minimum Gasteiger partial charge on any atom is -0.348 e. The average molecular weight is 196 g/mol. The predicted octanol–water partition coefficient (Wildman–Crippen LogP) is 0.903. The van der Waals surface area contributed by atoms with E-state index in [9.17, 15) is 9.18 Å². The van der Waals surface area contributed by atoms with Crippen LogP contribution in [0.2, 0.25) is 0 Å². The standard InChI is InChI=1S/C10H13FN2O/c1-7(6-12)13-10(14)8-2-4-9(11)5-3-8/h2-5,7H,6,12H2,1H3,(H,13,14). The maximum absolute atomic E-state index is 12.5.